The average Bonchev–Trinajstić information content (AvgIpc) is 3.14. The monoisotopic (exact) mass is 342 g/mol. The minimum Gasteiger partial charge on any atom is -0.324 e. The topological polar surface area (TPSA) is 60.9 Å². The van der Waals surface area contributed by atoms with Crippen LogP contribution in [0.3, 0.4) is 0 Å². The minimum absolute atomic E-state index is 0.396. The third-order valence-corrected chi connectivity index (χ3v) is 4.03. The van der Waals surface area contributed by atoms with Crippen LogP contribution in [0.1, 0.15) is 11.4 Å². The number of pyridine rings is 1. The molecule has 0 aromatic carbocycles. The van der Waals surface area contributed by atoms with Gasteiger partial charge in [0, 0.05) is 18.6 Å². The van der Waals surface area contributed by atoms with Crippen LogP contribution in [-0.4, -0.2) is 28.9 Å². The van der Waals surface area contributed by atoms with Crippen LogP contribution in [0.5, 0.6) is 0 Å². The number of aromatic nitrogens is 6. The van der Waals surface area contributed by atoms with Crippen molar-refractivity contribution in [3.63, 3.8) is 0 Å². The van der Waals surface area contributed by atoms with Crippen molar-refractivity contribution in [1.82, 2.24) is 28.9 Å². The van der Waals surface area contributed by atoms with E-state index in [0.717, 1.165) is 5.69 Å². The van der Waals surface area contributed by atoms with E-state index in [9.17, 15) is 4.39 Å². The molecule has 0 aliphatic rings. The molecule has 0 fully saturated rings. The molecule has 0 aliphatic carbocycles. The lowest BCUT2D eigenvalue weighted by Gasteiger charge is -2.06. The fraction of sp³-hybridized carbons (Fsp3) is 0.125. The fourth-order valence-corrected chi connectivity index (χ4v) is 2.77. The second-order valence-electron chi connectivity index (χ2n) is 5.33. The third-order valence-electron chi connectivity index (χ3n) is 3.63. The number of hydrogen-bond acceptors (Lipinski definition) is 4. The van der Waals surface area contributed by atoms with Gasteiger partial charge in [-0.1, -0.05) is 17.7 Å². The number of hydrogen-bond donors (Lipinski definition) is 0. The van der Waals surface area contributed by atoms with Crippen LogP contribution >= 0.6 is 11.6 Å². The number of rotatable bonds is 3. The first-order chi connectivity index (χ1) is 11.6. The van der Waals surface area contributed by atoms with Crippen LogP contribution in [0, 0.1) is 12.9 Å². The van der Waals surface area contributed by atoms with Gasteiger partial charge in [-0.2, -0.15) is 4.39 Å². The molecule has 0 aliphatic heterocycles. The minimum atomic E-state index is -0.547. The van der Waals surface area contributed by atoms with E-state index in [0.29, 0.717) is 34.6 Å². The molecule has 120 valence electrons. The molecule has 0 amide bonds. The Morgan fingerprint density at radius 1 is 1.21 bits per heavy atom. The van der Waals surface area contributed by atoms with Crippen LogP contribution in [0.25, 0.3) is 17.2 Å². The normalized spacial score (nSPS) is 11.3. The first kappa shape index (κ1) is 14.8. The van der Waals surface area contributed by atoms with Gasteiger partial charge in [-0.25, -0.2) is 15.0 Å². The van der Waals surface area contributed by atoms with Gasteiger partial charge in [-0.15, -0.1) is 0 Å². The Balaban J connectivity index is 1.75. The highest BCUT2D eigenvalue weighted by Gasteiger charge is 2.14. The maximum absolute atomic E-state index is 13.4. The Morgan fingerprint density at radius 3 is 2.92 bits per heavy atom. The Kier molecular flexibility index (Phi) is 3.50. The van der Waals surface area contributed by atoms with Crippen LogP contribution in [0.2, 0.25) is 5.15 Å². The molecule has 0 atom stereocenters. The molecular formula is C16H12ClFN6. The molecule has 0 saturated carbocycles. The van der Waals surface area contributed by atoms with Crippen LogP contribution < -0.4 is 0 Å². The number of aryl methyl sites for hydroxylation is 1. The van der Waals surface area contributed by atoms with Gasteiger partial charge in [0.1, 0.15) is 10.8 Å². The molecule has 8 heteroatoms. The highest BCUT2D eigenvalue weighted by atomic mass is 35.5. The van der Waals surface area contributed by atoms with E-state index in [2.05, 4.69) is 19.9 Å². The third kappa shape index (κ3) is 2.52. The van der Waals surface area contributed by atoms with Gasteiger partial charge in [-0.3, -0.25) is 9.38 Å². The van der Waals surface area contributed by atoms with Crippen LogP contribution in [0.15, 0.2) is 43.0 Å². The second-order valence-corrected chi connectivity index (χ2v) is 5.69. The Hall–Kier alpha value is -2.80. The zero-order chi connectivity index (χ0) is 16.7. The summed E-state index contributed by atoms with van der Waals surface area (Å²) in [6.45, 7) is 2.28. The zero-order valence-electron chi connectivity index (χ0n) is 12.7. The van der Waals surface area contributed by atoms with E-state index in [1.807, 2.05) is 17.7 Å². The van der Waals surface area contributed by atoms with Crippen molar-refractivity contribution >= 4 is 17.2 Å². The lowest BCUT2D eigenvalue weighted by Crippen LogP contribution is -2.03. The number of nitrogens with zero attached hydrogens (tertiary/aromatic N) is 6. The van der Waals surface area contributed by atoms with Crippen molar-refractivity contribution in [1.29, 1.82) is 0 Å². The highest BCUT2D eigenvalue weighted by molar-refractivity contribution is 6.30. The summed E-state index contributed by atoms with van der Waals surface area (Å²) in [5.74, 6) is 0.00582. The lowest BCUT2D eigenvalue weighted by molar-refractivity contribution is 0.584. The SMILES string of the molecule is Cc1cn2c(Cl)c(Cn3ccnc3-c3cccc(F)n3)nc2cn1. The quantitative estimate of drug-likeness (QED) is 0.537. The first-order valence-corrected chi connectivity index (χ1v) is 7.63. The smallest absolute Gasteiger partial charge is 0.213 e. The summed E-state index contributed by atoms with van der Waals surface area (Å²) >= 11 is 6.43. The van der Waals surface area contributed by atoms with Gasteiger partial charge < -0.3 is 4.57 Å². The van der Waals surface area contributed by atoms with Gasteiger partial charge in [0.25, 0.3) is 0 Å². The summed E-state index contributed by atoms with van der Waals surface area (Å²) in [5.41, 5.74) is 2.66. The van der Waals surface area contributed by atoms with E-state index in [4.69, 9.17) is 11.6 Å². The molecule has 4 rings (SSSR count). The lowest BCUT2D eigenvalue weighted by atomic mass is 10.3. The molecule has 0 unspecified atom stereocenters. The van der Waals surface area contributed by atoms with Crippen molar-refractivity contribution in [3.8, 4) is 11.5 Å². The summed E-state index contributed by atoms with van der Waals surface area (Å²) < 4.78 is 17.0. The van der Waals surface area contributed by atoms with Gasteiger partial charge in [0.2, 0.25) is 5.95 Å². The standard InChI is InChI=1S/C16H12ClFN6/c1-10-8-24-14(7-20-10)22-12(15(24)17)9-23-6-5-19-16(23)11-3-2-4-13(18)21-11/h2-8H,9H2,1H3. The van der Waals surface area contributed by atoms with E-state index < -0.39 is 5.95 Å². The van der Waals surface area contributed by atoms with Gasteiger partial charge in [-0.05, 0) is 19.1 Å². The Bertz CT molecular complexity index is 1040. The summed E-state index contributed by atoms with van der Waals surface area (Å²) in [7, 11) is 0. The summed E-state index contributed by atoms with van der Waals surface area (Å²) in [4.78, 5) is 16.9. The maximum atomic E-state index is 13.4. The zero-order valence-corrected chi connectivity index (χ0v) is 13.4. The van der Waals surface area contributed by atoms with Crippen LogP contribution in [-0.2, 0) is 6.54 Å². The van der Waals surface area contributed by atoms with Gasteiger partial charge in [0.15, 0.2) is 11.5 Å². The molecule has 24 heavy (non-hydrogen) atoms. The van der Waals surface area contributed by atoms with Crippen molar-refractivity contribution < 1.29 is 4.39 Å². The molecular weight excluding hydrogens is 331 g/mol. The predicted molar refractivity (Wildman–Crippen MR) is 87.3 cm³/mol. The van der Waals surface area contributed by atoms with Crippen LogP contribution in [0.4, 0.5) is 4.39 Å². The summed E-state index contributed by atoms with van der Waals surface area (Å²) in [5, 5.41) is 0.516. The van der Waals surface area contributed by atoms with E-state index in [1.54, 1.807) is 35.1 Å². The molecule has 0 N–H and O–H groups in total. The molecule has 4 aromatic heterocycles. The van der Waals surface area contributed by atoms with E-state index >= 15 is 0 Å². The highest BCUT2D eigenvalue weighted by Crippen LogP contribution is 2.22. The van der Waals surface area contributed by atoms with Gasteiger partial charge in [0.05, 0.1) is 24.1 Å². The molecule has 6 nitrogen and oxygen atoms in total. The molecule has 0 saturated heterocycles. The predicted octanol–water partition coefficient (Wildman–Crippen LogP) is 3.14. The molecule has 4 heterocycles. The second kappa shape index (κ2) is 5.68. The van der Waals surface area contributed by atoms with Crippen molar-refractivity contribution in [3.05, 3.63) is 65.5 Å². The summed E-state index contributed by atoms with van der Waals surface area (Å²) in [6.07, 6.45) is 6.92. The Morgan fingerprint density at radius 2 is 2.08 bits per heavy atom. The van der Waals surface area contributed by atoms with E-state index in [1.165, 1.54) is 6.07 Å². The number of fused-ring (bicyclic) bond motifs is 1. The first-order valence-electron chi connectivity index (χ1n) is 7.25. The fourth-order valence-electron chi connectivity index (χ4n) is 2.54. The molecule has 0 bridgehead atoms. The maximum Gasteiger partial charge on any atom is 0.213 e. The number of imidazole rings is 2. The average molecular weight is 343 g/mol. The van der Waals surface area contributed by atoms with E-state index in [-0.39, 0.29) is 0 Å². The Labute approximate surface area is 141 Å². The largest absolute Gasteiger partial charge is 0.324 e. The van der Waals surface area contributed by atoms with Gasteiger partial charge >= 0.3 is 0 Å². The number of halogens is 2. The molecule has 0 radical (unpaired) electrons. The van der Waals surface area contributed by atoms with Crippen molar-refractivity contribution in [2.45, 2.75) is 13.5 Å². The summed E-state index contributed by atoms with van der Waals surface area (Å²) in [6, 6.07) is 4.61. The van der Waals surface area contributed by atoms with Crippen molar-refractivity contribution in [2.75, 3.05) is 0 Å². The van der Waals surface area contributed by atoms with Crippen molar-refractivity contribution in [2.24, 2.45) is 0 Å². The molecule has 4 aromatic rings. The molecule has 0 spiro atoms.